The fourth-order valence-electron chi connectivity index (χ4n) is 4.31. The molecule has 0 radical (unpaired) electrons. The maximum absolute atomic E-state index is 6.43. The number of rotatable bonds is 2. The molecule has 3 heteroatoms. The maximum atomic E-state index is 6.43. The zero-order valence-corrected chi connectivity index (χ0v) is 12.1. The molecule has 20 heavy (non-hydrogen) atoms. The van der Waals surface area contributed by atoms with Gasteiger partial charge in [0.2, 0.25) is 0 Å². The number of nitrogen functional groups attached to an aromatic ring is 1. The molecular formula is C17H24N2O. The number of benzene rings is 1. The third kappa shape index (κ3) is 2.23. The second-order valence-electron chi connectivity index (χ2n) is 6.87. The molecule has 108 valence electrons. The first-order valence-electron chi connectivity index (χ1n) is 8.00. The van der Waals surface area contributed by atoms with E-state index in [1.165, 1.54) is 49.7 Å². The Kier molecular flexibility index (Phi) is 3.00. The van der Waals surface area contributed by atoms with Crippen LogP contribution in [0.15, 0.2) is 18.2 Å². The van der Waals surface area contributed by atoms with Crippen molar-refractivity contribution in [3.63, 3.8) is 0 Å². The van der Waals surface area contributed by atoms with Crippen molar-refractivity contribution in [3.8, 4) is 0 Å². The minimum absolute atomic E-state index is 0.266. The molecule has 2 heterocycles. The predicted molar refractivity (Wildman–Crippen MR) is 80.3 cm³/mol. The molecule has 2 aliphatic heterocycles. The molecule has 1 atom stereocenters. The van der Waals surface area contributed by atoms with Crippen LogP contribution < -0.4 is 5.73 Å². The molecule has 1 aromatic rings. The molecule has 3 nitrogen and oxygen atoms in total. The van der Waals surface area contributed by atoms with Crippen LogP contribution in [-0.4, -0.2) is 23.1 Å². The molecule has 0 amide bonds. The van der Waals surface area contributed by atoms with E-state index >= 15 is 0 Å². The Balaban J connectivity index is 1.38. The molecule has 1 saturated heterocycles. The van der Waals surface area contributed by atoms with Gasteiger partial charge in [-0.1, -0.05) is 18.9 Å². The Bertz CT molecular complexity index is 508. The number of anilines is 1. The van der Waals surface area contributed by atoms with Crippen molar-refractivity contribution in [1.82, 2.24) is 4.90 Å². The lowest BCUT2D eigenvalue weighted by atomic mass is 9.98. The highest BCUT2D eigenvalue weighted by atomic mass is 16.5. The third-order valence-corrected chi connectivity index (χ3v) is 5.33. The molecule has 1 aromatic carbocycles. The Labute approximate surface area is 121 Å². The van der Waals surface area contributed by atoms with Crippen LogP contribution >= 0.6 is 0 Å². The van der Waals surface area contributed by atoms with E-state index in [4.69, 9.17) is 10.5 Å². The average molecular weight is 272 g/mol. The van der Waals surface area contributed by atoms with E-state index in [1.807, 2.05) is 6.07 Å². The van der Waals surface area contributed by atoms with Gasteiger partial charge in [-0.15, -0.1) is 0 Å². The van der Waals surface area contributed by atoms with E-state index in [0.717, 1.165) is 25.3 Å². The predicted octanol–water partition coefficient (Wildman–Crippen LogP) is 3.08. The van der Waals surface area contributed by atoms with Gasteiger partial charge in [-0.25, -0.2) is 0 Å². The van der Waals surface area contributed by atoms with E-state index in [0.29, 0.717) is 6.10 Å². The van der Waals surface area contributed by atoms with E-state index < -0.39 is 0 Å². The van der Waals surface area contributed by atoms with Gasteiger partial charge in [-0.3, -0.25) is 4.90 Å². The van der Waals surface area contributed by atoms with Crippen molar-refractivity contribution in [1.29, 1.82) is 0 Å². The van der Waals surface area contributed by atoms with E-state index in [1.54, 1.807) is 0 Å². The van der Waals surface area contributed by atoms with Gasteiger partial charge in [-0.2, -0.15) is 0 Å². The van der Waals surface area contributed by atoms with Gasteiger partial charge < -0.3 is 10.5 Å². The first-order chi connectivity index (χ1) is 9.72. The minimum Gasteiger partial charge on any atom is -0.399 e. The van der Waals surface area contributed by atoms with Gasteiger partial charge in [0.05, 0.1) is 11.7 Å². The first kappa shape index (κ1) is 12.7. The topological polar surface area (TPSA) is 38.5 Å². The van der Waals surface area contributed by atoms with Crippen LogP contribution in [0.5, 0.6) is 0 Å². The van der Waals surface area contributed by atoms with Gasteiger partial charge in [0.1, 0.15) is 0 Å². The van der Waals surface area contributed by atoms with Crippen molar-refractivity contribution in [2.24, 2.45) is 0 Å². The summed E-state index contributed by atoms with van der Waals surface area (Å²) in [5.74, 6) is 0. The lowest BCUT2D eigenvalue weighted by Gasteiger charge is -2.26. The fourth-order valence-corrected chi connectivity index (χ4v) is 4.31. The van der Waals surface area contributed by atoms with Gasteiger partial charge in [0.25, 0.3) is 0 Å². The van der Waals surface area contributed by atoms with Crippen LogP contribution in [0.2, 0.25) is 0 Å². The SMILES string of the molecule is Nc1ccc2c(c1)CN(CC1CCC3(CCCC3)O1)C2. The summed E-state index contributed by atoms with van der Waals surface area (Å²) < 4.78 is 6.43. The Morgan fingerprint density at radius 2 is 1.95 bits per heavy atom. The number of hydrogen-bond acceptors (Lipinski definition) is 3. The fraction of sp³-hybridized carbons (Fsp3) is 0.647. The van der Waals surface area contributed by atoms with E-state index in [2.05, 4.69) is 17.0 Å². The molecule has 0 aromatic heterocycles. The maximum Gasteiger partial charge on any atom is 0.0710 e. The number of nitrogens with zero attached hydrogens (tertiary/aromatic N) is 1. The van der Waals surface area contributed by atoms with Crippen LogP contribution in [0, 0.1) is 0 Å². The highest BCUT2D eigenvalue weighted by molar-refractivity contribution is 5.46. The smallest absolute Gasteiger partial charge is 0.0710 e. The third-order valence-electron chi connectivity index (χ3n) is 5.33. The van der Waals surface area contributed by atoms with Crippen LogP contribution in [0.25, 0.3) is 0 Å². The quantitative estimate of drug-likeness (QED) is 0.841. The molecule has 2 N–H and O–H groups in total. The Morgan fingerprint density at radius 1 is 1.15 bits per heavy atom. The minimum atomic E-state index is 0.266. The number of hydrogen-bond donors (Lipinski definition) is 1. The standard InChI is InChI=1S/C17H24N2O/c18-15-4-3-13-10-19(11-14(13)9-15)12-16-5-8-17(20-16)6-1-2-7-17/h3-4,9,16H,1-2,5-8,10-12,18H2. The zero-order valence-electron chi connectivity index (χ0n) is 12.1. The second-order valence-corrected chi connectivity index (χ2v) is 6.87. The number of ether oxygens (including phenoxy) is 1. The summed E-state index contributed by atoms with van der Waals surface area (Å²) in [6.45, 7) is 3.17. The first-order valence-corrected chi connectivity index (χ1v) is 8.00. The average Bonchev–Trinajstić information content (AvgIpc) is 3.12. The van der Waals surface area contributed by atoms with Crippen LogP contribution in [0.1, 0.15) is 49.7 Å². The molecular weight excluding hydrogens is 248 g/mol. The molecule has 4 rings (SSSR count). The van der Waals surface area contributed by atoms with Gasteiger partial charge in [-0.05, 0) is 48.9 Å². The van der Waals surface area contributed by atoms with E-state index in [9.17, 15) is 0 Å². The summed E-state index contributed by atoms with van der Waals surface area (Å²) in [5, 5.41) is 0. The zero-order chi connectivity index (χ0) is 13.6. The largest absolute Gasteiger partial charge is 0.399 e. The second kappa shape index (κ2) is 4.74. The highest BCUT2D eigenvalue weighted by Gasteiger charge is 2.42. The van der Waals surface area contributed by atoms with Gasteiger partial charge >= 0.3 is 0 Å². The molecule has 0 bridgehead atoms. The summed E-state index contributed by atoms with van der Waals surface area (Å²) in [7, 11) is 0. The summed E-state index contributed by atoms with van der Waals surface area (Å²) in [6, 6.07) is 6.32. The summed E-state index contributed by atoms with van der Waals surface area (Å²) in [6.07, 6.45) is 8.28. The summed E-state index contributed by atoms with van der Waals surface area (Å²) in [5.41, 5.74) is 9.86. The molecule has 1 spiro atoms. The molecule has 2 fully saturated rings. The molecule has 1 aliphatic carbocycles. The normalized spacial score (nSPS) is 28.3. The van der Waals surface area contributed by atoms with Crippen LogP contribution in [0.3, 0.4) is 0 Å². The number of fused-ring (bicyclic) bond motifs is 1. The van der Waals surface area contributed by atoms with Crippen molar-refractivity contribution in [2.45, 2.75) is 63.3 Å². The lowest BCUT2D eigenvalue weighted by Crippen LogP contribution is -2.31. The van der Waals surface area contributed by atoms with Gasteiger partial charge in [0.15, 0.2) is 0 Å². The lowest BCUT2D eigenvalue weighted by molar-refractivity contribution is -0.0477. The monoisotopic (exact) mass is 272 g/mol. The molecule has 1 unspecified atom stereocenters. The summed E-state index contributed by atoms with van der Waals surface area (Å²) in [4.78, 5) is 2.52. The summed E-state index contributed by atoms with van der Waals surface area (Å²) >= 11 is 0. The number of nitrogens with two attached hydrogens (primary N) is 1. The van der Waals surface area contributed by atoms with Crippen LogP contribution in [-0.2, 0) is 17.8 Å². The van der Waals surface area contributed by atoms with Crippen LogP contribution in [0.4, 0.5) is 5.69 Å². The van der Waals surface area contributed by atoms with Crippen molar-refractivity contribution in [2.75, 3.05) is 12.3 Å². The van der Waals surface area contributed by atoms with Gasteiger partial charge in [0, 0.05) is 25.3 Å². The van der Waals surface area contributed by atoms with Crippen molar-refractivity contribution < 1.29 is 4.74 Å². The molecule has 3 aliphatic rings. The van der Waals surface area contributed by atoms with E-state index in [-0.39, 0.29) is 5.60 Å². The van der Waals surface area contributed by atoms with Crippen molar-refractivity contribution in [3.05, 3.63) is 29.3 Å². The Hall–Kier alpha value is -1.06. The Morgan fingerprint density at radius 3 is 2.80 bits per heavy atom. The van der Waals surface area contributed by atoms with Crippen molar-refractivity contribution >= 4 is 5.69 Å². The molecule has 1 saturated carbocycles. The highest BCUT2D eigenvalue weighted by Crippen LogP contribution is 2.43.